The molecular formula is C25H22F6N4O3. The number of alkyl halides is 6. The Morgan fingerprint density at radius 3 is 2.16 bits per heavy atom. The van der Waals surface area contributed by atoms with Gasteiger partial charge in [-0.25, -0.2) is 9.48 Å². The number of hydrogen-bond donors (Lipinski definition) is 2. The minimum Gasteiger partial charge on any atom is -0.478 e. The van der Waals surface area contributed by atoms with Crippen LogP contribution in [-0.4, -0.2) is 33.3 Å². The molecule has 2 N–H and O–H groups in total. The van der Waals surface area contributed by atoms with Gasteiger partial charge in [-0.2, -0.15) is 31.4 Å². The van der Waals surface area contributed by atoms with Gasteiger partial charge in [-0.1, -0.05) is 24.3 Å². The van der Waals surface area contributed by atoms with Crippen molar-refractivity contribution in [3.63, 3.8) is 0 Å². The highest BCUT2D eigenvalue weighted by Crippen LogP contribution is 2.38. The molecular weight excluding hydrogens is 518 g/mol. The minimum atomic E-state index is -4.94. The molecule has 38 heavy (non-hydrogen) atoms. The minimum absolute atomic E-state index is 0.0104. The number of carboxylic acids is 1. The molecule has 0 bridgehead atoms. The Labute approximate surface area is 212 Å². The number of carboxylic acid groups (broad SMARTS) is 1. The second kappa shape index (κ2) is 10.0. The van der Waals surface area contributed by atoms with Crippen molar-refractivity contribution in [3.8, 4) is 0 Å². The topological polar surface area (TPSA) is 87.5 Å². The molecule has 202 valence electrons. The van der Waals surface area contributed by atoms with Crippen LogP contribution in [0.1, 0.15) is 62.5 Å². The van der Waals surface area contributed by atoms with E-state index in [4.69, 9.17) is 5.11 Å². The molecule has 13 heteroatoms. The lowest BCUT2D eigenvalue weighted by Crippen LogP contribution is -2.35. The van der Waals surface area contributed by atoms with E-state index < -0.39 is 47.1 Å². The third-order valence-electron chi connectivity index (χ3n) is 6.18. The number of nitrogens with zero attached hydrogens (tertiary/aromatic N) is 3. The number of carbonyl (C=O) groups is 2. The Kier molecular flexibility index (Phi) is 7.13. The number of nitrogens with one attached hydrogen (secondary N) is 1. The van der Waals surface area contributed by atoms with Crippen molar-refractivity contribution >= 4 is 17.7 Å². The highest BCUT2D eigenvalue weighted by Gasteiger charge is 2.43. The maximum atomic E-state index is 13.9. The summed E-state index contributed by atoms with van der Waals surface area (Å²) in [6.07, 6.45) is -9.05. The first-order chi connectivity index (χ1) is 17.8. The van der Waals surface area contributed by atoms with E-state index in [1.807, 2.05) is 0 Å². The smallest absolute Gasteiger partial charge is 0.436 e. The van der Waals surface area contributed by atoms with Gasteiger partial charge >= 0.3 is 18.3 Å². The summed E-state index contributed by atoms with van der Waals surface area (Å²) in [5, 5.41) is 15.2. The normalized spacial score (nSPS) is 14.7. The number of anilines is 1. The Bertz CT molecular complexity index is 1330. The van der Waals surface area contributed by atoms with E-state index in [0.29, 0.717) is 17.5 Å². The average Bonchev–Trinajstić information content (AvgIpc) is 3.25. The van der Waals surface area contributed by atoms with E-state index >= 15 is 0 Å². The summed E-state index contributed by atoms with van der Waals surface area (Å²) in [5.74, 6) is -2.26. The zero-order valence-electron chi connectivity index (χ0n) is 19.9. The molecule has 0 saturated carbocycles. The van der Waals surface area contributed by atoms with Crippen LogP contribution < -0.4 is 10.2 Å². The first-order valence-corrected chi connectivity index (χ1v) is 11.5. The molecule has 1 atom stereocenters. The van der Waals surface area contributed by atoms with Gasteiger partial charge in [0.15, 0.2) is 5.69 Å². The van der Waals surface area contributed by atoms with E-state index in [0.717, 1.165) is 16.8 Å². The molecule has 0 spiro atoms. The largest absolute Gasteiger partial charge is 0.478 e. The molecule has 0 unspecified atom stereocenters. The lowest BCUT2D eigenvalue weighted by atomic mass is 10.0. The first-order valence-electron chi connectivity index (χ1n) is 11.5. The Balaban J connectivity index is 1.65. The molecule has 0 saturated heterocycles. The van der Waals surface area contributed by atoms with Crippen LogP contribution in [0.15, 0.2) is 48.5 Å². The standard InChI is InChI=1S/C25H22F6N4O3/c1-14(16-5-7-17(8-6-16)23(37)38)32-21(36)19-20(25(29,30)31)33-35-12-2-11-34(22(19)35)13-15-3-9-18(10-4-15)24(26,27)28/h3-10,14H,2,11-13H2,1H3,(H,32,36)(H,37,38)/t14-/m0/s1. The summed E-state index contributed by atoms with van der Waals surface area (Å²) in [6, 6.07) is 9.02. The maximum Gasteiger partial charge on any atom is 0.436 e. The van der Waals surface area contributed by atoms with Gasteiger partial charge < -0.3 is 15.3 Å². The summed E-state index contributed by atoms with van der Waals surface area (Å²) in [7, 11) is 0. The van der Waals surface area contributed by atoms with Gasteiger partial charge in [0, 0.05) is 19.6 Å². The Morgan fingerprint density at radius 1 is 0.974 bits per heavy atom. The number of amides is 1. The highest BCUT2D eigenvalue weighted by atomic mass is 19.4. The second-order valence-corrected chi connectivity index (χ2v) is 8.86. The number of aromatic carboxylic acids is 1. The van der Waals surface area contributed by atoms with Crippen molar-refractivity contribution in [2.24, 2.45) is 0 Å². The summed E-state index contributed by atoms with van der Waals surface area (Å²) in [4.78, 5) is 25.8. The molecule has 2 aromatic carbocycles. The molecule has 2 heterocycles. The van der Waals surface area contributed by atoms with Gasteiger partial charge in [0.25, 0.3) is 5.91 Å². The number of carbonyl (C=O) groups excluding carboxylic acids is 1. The van der Waals surface area contributed by atoms with Crippen LogP contribution in [0.5, 0.6) is 0 Å². The zero-order chi connectivity index (χ0) is 27.8. The SMILES string of the molecule is C[C@H](NC(=O)c1c(C(F)(F)F)nn2c1N(Cc1ccc(C(F)(F)F)cc1)CCC2)c1ccc(C(=O)O)cc1. The van der Waals surface area contributed by atoms with E-state index in [9.17, 15) is 35.9 Å². The van der Waals surface area contributed by atoms with Gasteiger partial charge in [-0.15, -0.1) is 0 Å². The fraction of sp³-hybridized carbons (Fsp3) is 0.320. The number of benzene rings is 2. The van der Waals surface area contributed by atoms with Crippen LogP contribution in [0.2, 0.25) is 0 Å². The van der Waals surface area contributed by atoms with Crippen LogP contribution in [-0.2, 0) is 25.4 Å². The van der Waals surface area contributed by atoms with Crippen molar-refractivity contribution in [1.82, 2.24) is 15.1 Å². The van der Waals surface area contributed by atoms with Crippen molar-refractivity contribution in [1.29, 1.82) is 0 Å². The third kappa shape index (κ3) is 5.60. The van der Waals surface area contributed by atoms with Crippen molar-refractivity contribution in [2.45, 2.75) is 44.8 Å². The Morgan fingerprint density at radius 2 is 1.61 bits per heavy atom. The van der Waals surface area contributed by atoms with Crippen LogP contribution in [0.4, 0.5) is 32.2 Å². The molecule has 0 aliphatic carbocycles. The van der Waals surface area contributed by atoms with Crippen LogP contribution in [0.3, 0.4) is 0 Å². The quantitative estimate of drug-likeness (QED) is 0.402. The summed E-state index contributed by atoms with van der Waals surface area (Å²) in [6.45, 7) is 1.89. The van der Waals surface area contributed by atoms with E-state index in [1.54, 1.807) is 0 Å². The van der Waals surface area contributed by atoms with Gasteiger partial charge in [-0.3, -0.25) is 4.79 Å². The van der Waals surface area contributed by atoms with Gasteiger partial charge in [0.2, 0.25) is 0 Å². The maximum absolute atomic E-state index is 13.9. The zero-order valence-corrected chi connectivity index (χ0v) is 19.9. The molecule has 0 fully saturated rings. The number of fused-ring (bicyclic) bond motifs is 1. The van der Waals surface area contributed by atoms with Crippen LogP contribution in [0.25, 0.3) is 0 Å². The van der Waals surface area contributed by atoms with Gasteiger partial charge in [0.05, 0.1) is 17.2 Å². The fourth-order valence-electron chi connectivity index (χ4n) is 4.30. The predicted octanol–water partition coefficient (Wildman–Crippen LogP) is 5.52. The monoisotopic (exact) mass is 540 g/mol. The number of aromatic nitrogens is 2. The number of hydrogen-bond acceptors (Lipinski definition) is 4. The fourth-order valence-corrected chi connectivity index (χ4v) is 4.30. The van der Waals surface area contributed by atoms with Crippen molar-refractivity contribution in [2.75, 3.05) is 11.4 Å². The Hall–Kier alpha value is -4.03. The summed E-state index contributed by atoms with van der Waals surface area (Å²) < 4.78 is 81.7. The predicted molar refractivity (Wildman–Crippen MR) is 124 cm³/mol. The molecule has 1 aromatic heterocycles. The van der Waals surface area contributed by atoms with Crippen molar-refractivity contribution < 1.29 is 41.0 Å². The van der Waals surface area contributed by atoms with Crippen molar-refractivity contribution in [3.05, 3.63) is 82.0 Å². The highest BCUT2D eigenvalue weighted by molar-refractivity contribution is 6.01. The lowest BCUT2D eigenvalue weighted by molar-refractivity contribution is -0.142. The molecule has 1 amide bonds. The van der Waals surface area contributed by atoms with Crippen LogP contribution >= 0.6 is 0 Å². The molecule has 1 aliphatic rings. The third-order valence-corrected chi connectivity index (χ3v) is 6.18. The second-order valence-electron chi connectivity index (χ2n) is 8.86. The number of halogens is 6. The van der Waals surface area contributed by atoms with E-state index in [1.165, 1.54) is 48.2 Å². The van der Waals surface area contributed by atoms with Gasteiger partial charge in [-0.05, 0) is 48.7 Å². The van der Waals surface area contributed by atoms with Crippen LogP contribution in [0, 0.1) is 0 Å². The summed E-state index contributed by atoms with van der Waals surface area (Å²) in [5.41, 5.74) is -2.00. The van der Waals surface area contributed by atoms with E-state index in [2.05, 4.69) is 10.4 Å². The molecule has 0 radical (unpaired) electrons. The number of rotatable bonds is 6. The number of aryl methyl sites for hydroxylation is 1. The van der Waals surface area contributed by atoms with E-state index in [-0.39, 0.29) is 31.0 Å². The lowest BCUT2D eigenvalue weighted by Gasteiger charge is -2.30. The molecule has 7 nitrogen and oxygen atoms in total. The molecule has 1 aliphatic heterocycles. The average molecular weight is 540 g/mol. The first kappa shape index (κ1) is 27.0. The van der Waals surface area contributed by atoms with Gasteiger partial charge in [0.1, 0.15) is 11.4 Å². The molecule has 4 rings (SSSR count). The summed E-state index contributed by atoms with van der Waals surface area (Å²) >= 11 is 0. The molecule has 3 aromatic rings.